The molecular weight excluding hydrogens is 531 g/mol. The zero-order chi connectivity index (χ0) is 27.8. The van der Waals surface area contributed by atoms with Gasteiger partial charge in [-0.25, -0.2) is 21.1 Å². The summed E-state index contributed by atoms with van der Waals surface area (Å²) in [6.07, 6.45) is -4.62. The van der Waals surface area contributed by atoms with Gasteiger partial charge >= 0.3 is 6.18 Å². The topological polar surface area (TPSA) is 124 Å². The quantitative estimate of drug-likeness (QED) is 0.525. The molecule has 200 valence electrons. The molecule has 2 aromatic carbocycles. The number of carbonyl (C=O) groups is 1. The van der Waals surface area contributed by atoms with Crippen LogP contribution < -0.4 is 4.72 Å². The van der Waals surface area contributed by atoms with Crippen molar-refractivity contribution in [1.82, 2.24) is 9.03 Å². The summed E-state index contributed by atoms with van der Waals surface area (Å²) in [7, 11) is -8.38. The highest BCUT2D eigenvalue weighted by Gasteiger charge is 2.50. The van der Waals surface area contributed by atoms with Crippen molar-refractivity contribution in [2.75, 3.05) is 0 Å². The Morgan fingerprint density at radius 1 is 1.16 bits per heavy atom. The van der Waals surface area contributed by atoms with E-state index in [1.165, 1.54) is 24.3 Å². The van der Waals surface area contributed by atoms with E-state index in [1.54, 1.807) is 26.8 Å². The molecule has 0 spiro atoms. The summed E-state index contributed by atoms with van der Waals surface area (Å²) in [5, 5.41) is 8.39. The molecule has 8 nitrogen and oxygen atoms in total. The lowest BCUT2D eigenvalue weighted by molar-refractivity contribution is -0.137. The lowest BCUT2D eigenvalue weighted by Crippen LogP contribution is -2.46. The van der Waals surface area contributed by atoms with Crippen molar-refractivity contribution in [3.8, 4) is 6.07 Å². The van der Waals surface area contributed by atoms with E-state index in [1.807, 2.05) is 0 Å². The molecule has 1 N–H and O–H groups in total. The molecule has 37 heavy (non-hydrogen) atoms. The number of hydrogen-bond donors (Lipinski definition) is 1. The molecule has 13 heteroatoms. The third-order valence-electron chi connectivity index (χ3n) is 6.33. The van der Waals surface area contributed by atoms with Gasteiger partial charge in [-0.1, -0.05) is 37.3 Å². The molecule has 2 atom stereocenters. The first-order chi connectivity index (χ1) is 17.0. The average Bonchev–Trinajstić information content (AvgIpc) is 3.07. The van der Waals surface area contributed by atoms with Crippen LogP contribution in [-0.2, 0) is 37.4 Å². The highest BCUT2D eigenvalue weighted by molar-refractivity contribution is 7.90. The van der Waals surface area contributed by atoms with E-state index >= 15 is 0 Å². The van der Waals surface area contributed by atoms with Gasteiger partial charge in [-0.15, -0.1) is 0 Å². The predicted molar refractivity (Wildman–Crippen MR) is 129 cm³/mol. The highest BCUT2D eigenvalue weighted by atomic mass is 32.2. The van der Waals surface area contributed by atoms with Gasteiger partial charge in [0, 0.05) is 6.42 Å². The normalized spacial score (nSPS) is 19.0. The monoisotopic (exact) mass is 557 g/mol. The molecular formula is C24H26F3N3O5S2. The van der Waals surface area contributed by atoms with E-state index in [9.17, 15) is 40.1 Å². The Labute approximate surface area is 214 Å². The summed E-state index contributed by atoms with van der Waals surface area (Å²) in [6, 6.07) is 9.70. The number of alkyl halides is 3. The predicted octanol–water partition coefficient (Wildman–Crippen LogP) is 3.91. The number of amides is 1. The Bertz CT molecular complexity index is 1430. The maximum atomic E-state index is 13.1. The lowest BCUT2D eigenvalue weighted by atomic mass is 10.0. The fraction of sp³-hybridized carbons (Fsp3) is 0.417. The van der Waals surface area contributed by atoms with Gasteiger partial charge in [-0.2, -0.15) is 23.2 Å². The van der Waals surface area contributed by atoms with Crippen LogP contribution in [0.25, 0.3) is 0 Å². The zero-order valence-corrected chi connectivity index (χ0v) is 21.9. The number of hydrogen-bond acceptors (Lipinski definition) is 6. The maximum Gasteiger partial charge on any atom is 0.416 e. The largest absolute Gasteiger partial charge is 0.416 e. The summed E-state index contributed by atoms with van der Waals surface area (Å²) in [5.74, 6) is -0.491. The number of carbonyl (C=O) groups excluding carboxylic acids is 1. The summed E-state index contributed by atoms with van der Waals surface area (Å²) >= 11 is 0. The van der Waals surface area contributed by atoms with E-state index in [4.69, 9.17) is 0 Å². The molecule has 0 aromatic heterocycles. The molecule has 1 fully saturated rings. The van der Waals surface area contributed by atoms with Gasteiger partial charge in [-0.3, -0.25) is 4.79 Å². The van der Waals surface area contributed by atoms with Gasteiger partial charge in [0.1, 0.15) is 11.3 Å². The zero-order valence-electron chi connectivity index (χ0n) is 20.3. The fourth-order valence-electron chi connectivity index (χ4n) is 4.04. The number of halogens is 3. The van der Waals surface area contributed by atoms with Gasteiger partial charge in [0.2, 0.25) is 26.0 Å². The summed E-state index contributed by atoms with van der Waals surface area (Å²) < 4.78 is 93.3. The molecule has 1 amide bonds. The first kappa shape index (κ1) is 28.6. The molecule has 2 unspecified atom stereocenters. The Morgan fingerprint density at radius 3 is 2.32 bits per heavy atom. The number of nitriles is 1. The third-order valence-corrected chi connectivity index (χ3v) is 10.2. The van der Waals surface area contributed by atoms with Crippen LogP contribution in [0.15, 0.2) is 53.4 Å². The van der Waals surface area contributed by atoms with E-state index < -0.39 is 59.4 Å². The molecule has 1 aliphatic rings. The van der Waals surface area contributed by atoms with Crippen LogP contribution in [0.4, 0.5) is 13.2 Å². The van der Waals surface area contributed by atoms with E-state index in [2.05, 4.69) is 4.72 Å². The third kappa shape index (κ3) is 5.97. The van der Waals surface area contributed by atoms with E-state index in [0.717, 1.165) is 22.5 Å². The first-order valence-corrected chi connectivity index (χ1v) is 14.3. The Hall–Kier alpha value is -2.95. The number of benzene rings is 2. The van der Waals surface area contributed by atoms with Crippen LogP contribution >= 0.6 is 0 Å². The van der Waals surface area contributed by atoms with Gasteiger partial charge in [0.25, 0.3) is 0 Å². The average molecular weight is 558 g/mol. The van der Waals surface area contributed by atoms with E-state index in [0.29, 0.717) is 23.6 Å². The second kappa shape index (κ2) is 10.1. The second-order valence-corrected chi connectivity index (χ2v) is 13.0. The number of nitrogens with one attached hydrogen (secondary N) is 1. The van der Waals surface area contributed by atoms with E-state index in [-0.39, 0.29) is 12.8 Å². The van der Waals surface area contributed by atoms with Gasteiger partial charge in [0.15, 0.2) is 0 Å². The molecule has 0 aliphatic carbocycles. The van der Waals surface area contributed by atoms with Crippen molar-refractivity contribution >= 4 is 26.0 Å². The van der Waals surface area contributed by atoms with Crippen molar-refractivity contribution in [1.29, 1.82) is 5.26 Å². The Kier molecular flexibility index (Phi) is 7.79. The van der Waals surface area contributed by atoms with Gasteiger partial charge in [0.05, 0.1) is 28.5 Å². The molecule has 1 saturated heterocycles. The minimum atomic E-state index is -4.73. The molecule has 0 radical (unpaired) electrons. The fourth-order valence-corrected chi connectivity index (χ4v) is 7.52. The van der Waals surface area contributed by atoms with Crippen molar-refractivity contribution in [2.45, 2.75) is 67.9 Å². The highest BCUT2D eigenvalue weighted by Crippen LogP contribution is 2.41. The number of rotatable bonds is 8. The minimum Gasteiger partial charge on any atom is -0.274 e. The van der Waals surface area contributed by atoms with Crippen LogP contribution in [0.2, 0.25) is 0 Å². The number of sulfonamides is 2. The SMILES string of the molecule is CCC(C)(C)N1C(=O)CC(c2ccc(CC(C#N)NS(=O)(=O)c3cccc(C(F)(F)F)c3)cc2)S1(=O)=O. The van der Waals surface area contributed by atoms with Crippen LogP contribution in [0.1, 0.15) is 55.6 Å². The standard InChI is InChI=1S/C24H26F3N3O5S2/c1-4-23(2,3)30-22(31)14-21(37(30,34)35)17-10-8-16(9-11-17)12-19(15-28)29-36(32,33)20-7-5-6-18(13-20)24(25,26)27/h5-11,13,19,21,29H,4,12,14H2,1-3H3. The maximum absolute atomic E-state index is 13.1. The van der Waals surface area contributed by atoms with Crippen LogP contribution in [0.5, 0.6) is 0 Å². The van der Waals surface area contributed by atoms with Crippen molar-refractivity contribution in [3.63, 3.8) is 0 Å². The van der Waals surface area contributed by atoms with Crippen molar-refractivity contribution < 1.29 is 34.8 Å². The van der Waals surface area contributed by atoms with Gasteiger partial charge < -0.3 is 0 Å². The van der Waals surface area contributed by atoms with Crippen LogP contribution in [0.3, 0.4) is 0 Å². The van der Waals surface area contributed by atoms with Crippen LogP contribution in [-0.4, -0.2) is 38.6 Å². The molecule has 0 bridgehead atoms. The van der Waals surface area contributed by atoms with Gasteiger partial charge in [-0.05, 0) is 49.6 Å². The number of nitrogens with zero attached hydrogens (tertiary/aromatic N) is 2. The molecule has 0 saturated carbocycles. The van der Waals surface area contributed by atoms with Crippen LogP contribution in [0, 0.1) is 11.3 Å². The second-order valence-electron chi connectivity index (χ2n) is 9.34. The lowest BCUT2D eigenvalue weighted by Gasteiger charge is -2.33. The summed E-state index contributed by atoms with van der Waals surface area (Å²) in [4.78, 5) is 11.9. The minimum absolute atomic E-state index is 0.125. The summed E-state index contributed by atoms with van der Waals surface area (Å²) in [6.45, 7) is 5.14. The molecule has 2 aromatic rings. The molecule has 1 heterocycles. The first-order valence-electron chi connectivity index (χ1n) is 11.3. The smallest absolute Gasteiger partial charge is 0.274 e. The Balaban J connectivity index is 1.77. The Morgan fingerprint density at radius 2 is 1.78 bits per heavy atom. The molecule has 1 aliphatic heterocycles. The molecule has 3 rings (SSSR count). The van der Waals surface area contributed by atoms with Crippen molar-refractivity contribution in [3.05, 3.63) is 65.2 Å². The van der Waals surface area contributed by atoms with Crippen molar-refractivity contribution in [2.24, 2.45) is 0 Å². The summed E-state index contributed by atoms with van der Waals surface area (Å²) in [5.41, 5.74) is -1.15.